The number of ether oxygens (including phenoxy) is 1. The van der Waals surface area contributed by atoms with Crippen molar-refractivity contribution in [3.63, 3.8) is 0 Å². The topological polar surface area (TPSA) is 46.6 Å². The number of hydrogen-bond acceptors (Lipinski definition) is 4. The maximum absolute atomic E-state index is 13.4. The number of rotatable bonds is 1. The van der Waals surface area contributed by atoms with Gasteiger partial charge in [-0.05, 0) is 52.8 Å². The zero-order chi connectivity index (χ0) is 22.1. The average molecular weight is 456 g/mol. The van der Waals surface area contributed by atoms with Crippen LogP contribution >= 0.6 is 0 Å². The van der Waals surface area contributed by atoms with Gasteiger partial charge in [0.25, 0.3) is 0 Å². The average Bonchev–Trinajstić information content (AvgIpc) is 2.80. The van der Waals surface area contributed by atoms with Crippen LogP contribution in [0.5, 0.6) is 11.5 Å². The van der Waals surface area contributed by atoms with E-state index in [2.05, 4.69) is 54.4 Å². The number of hydrogen-bond donors (Lipinski definition) is 0. The second-order valence-electron chi connectivity index (χ2n) is 8.68. The minimum atomic E-state index is -3.68. The van der Waals surface area contributed by atoms with Crippen molar-refractivity contribution in [1.82, 2.24) is 0 Å². The fraction of sp³-hybridized carbons (Fsp3) is 0.0769. The van der Waals surface area contributed by atoms with Crippen LogP contribution in [0.1, 0.15) is 0 Å². The Balaban J connectivity index is 1.59. The van der Waals surface area contributed by atoms with E-state index in [1.54, 1.807) is 36.4 Å². The van der Waals surface area contributed by atoms with E-state index in [1.165, 1.54) is 10.4 Å². The molecule has 0 atom stereocenters. The van der Waals surface area contributed by atoms with E-state index in [0.29, 0.717) is 11.5 Å². The van der Waals surface area contributed by atoms with Gasteiger partial charge in [0.15, 0.2) is 0 Å². The SMILES string of the molecule is C[Si]1(C)c2ccccc2N(c2ccc3c(c2)S(=O)(=O)c2ccccc2O3)c2ccccc21. The van der Waals surface area contributed by atoms with Gasteiger partial charge in [-0.2, -0.15) is 0 Å². The standard InChI is InChI=1S/C26H21NO3SSi/c1-32(2)25-13-7-3-9-19(25)27(20-10-4-8-14-26(20)32)18-15-16-22-24(17-18)31(28,29)23-12-6-5-11-21(23)30-22/h3-17H,1-2H3. The molecule has 0 spiro atoms. The van der Waals surface area contributed by atoms with Crippen molar-refractivity contribution >= 4 is 45.3 Å². The third-order valence-corrected chi connectivity index (χ3v) is 11.8. The van der Waals surface area contributed by atoms with E-state index >= 15 is 0 Å². The van der Waals surface area contributed by atoms with Crippen LogP contribution in [0.3, 0.4) is 0 Å². The molecule has 0 amide bonds. The van der Waals surface area contributed by atoms with E-state index in [0.717, 1.165) is 17.1 Å². The molecule has 0 fully saturated rings. The summed E-state index contributed by atoms with van der Waals surface area (Å²) in [5, 5.41) is 2.67. The zero-order valence-corrected chi connectivity index (χ0v) is 19.6. The smallest absolute Gasteiger partial charge is 0.214 e. The van der Waals surface area contributed by atoms with Gasteiger partial charge in [-0.25, -0.2) is 8.42 Å². The summed E-state index contributed by atoms with van der Waals surface area (Å²) >= 11 is 0. The summed E-state index contributed by atoms with van der Waals surface area (Å²) in [4.78, 5) is 2.59. The molecule has 0 aliphatic carbocycles. The molecule has 2 heterocycles. The molecule has 158 valence electrons. The number of fused-ring (bicyclic) bond motifs is 4. The van der Waals surface area contributed by atoms with Crippen LogP contribution in [-0.2, 0) is 9.84 Å². The van der Waals surface area contributed by atoms with Crippen molar-refractivity contribution in [2.75, 3.05) is 4.90 Å². The van der Waals surface area contributed by atoms with Crippen molar-refractivity contribution in [3.05, 3.63) is 91.0 Å². The van der Waals surface area contributed by atoms with Gasteiger partial charge >= 0.3 is 0 Å². The van der Waals surface area contributed by atoms with Gasteiger partial charge in [0, 0.05) is 17.1 Å². The molecule has 0 saturated carbocycles. The van der Waals surface area contributed by atoms with E-state index in [-0.39, 0.29) is 9.79 Å². The molecule has 0 unspecified atom stereocenters. The van der Waals surface area contributed by atoms with Crippen LogP contribution in [0.4, 0.5) is 17.1 Å². The van der Waals surface area contributed by atoms with Crippen molar-refractivity contribution in [2.24, 2.45) is 0 Å². The first-order valence-electron chi connectivity index (χ1n) is 10.5. The summed E-state index contributed by atoms with van der Waals surface area (Å²) in [6.07, 6.45) is 0. The Kier molecular flexibility index (Phi) is 3.97. The van der Waals surface area contributed by atoms with Crippen molar-refractivity contribution in [3.8, 4) is 11.5 Å². The number of para-hydroxylation sites is 3. The minimum Gasteiger partial charge on any atom is -0.455 e. The van der Waals surface area contributed by atoms with Crippen LogP contribution < -0.4 is 20.0 Å². The first-order chi connectivity index (χ1) is 15.4. The molecule has 32 heavy (non-hydrogen) atoms. The highest BCUT2D eigenvalue weighted by molar-refractivity contribution is 7.91. The lowest BCUT2D eigenvalue weighted by Gasteiger charge is -2.41. The number of nitrogens with zero attached hydrogens (tertiary/aromatic N) is 1. The molecule has 0 radical (unpaired) electrons. The minimum absolute atomic E-state index is 0.200. The fourth-order valence-electron chi connectivity index (χ4n) is 4.87. The Labute approximate surface area is 188 Å². The maximum atomic E-state index is 13.4. The Hall–Kier alpha value is -3.35. The largest absolute Gasteiger partial charge is 0.455 e. The zero-order valence-electron chi connectivity index (χ0n) is 17.7. The molecule has 0 aromatic heterocycles. The summed E-state index contributed by atoms with van der Waals surface area (Å²) in [5.74, 6) is 0.731. The summed E-state index contributed by atoms with van der Waals surface area (Å²) in [5.41, 5.74) is 3.02. The van der Waals surface area contributed by atoms with Gasteiger partial charge in [0.2, 0.25) is 9.84 Å². The molecule has 0 bridgehead atoms. The Bertz CT molecular complexity index is 1460. The van der Waals surface area contributed by atoms with Crippen LogP contribution in [0, 0.1) is 0 Å². The fourth-order valence-corrected chi connectivity index (χ4v) is 9.38. The number of benzene rings is 4. The lowest BCUT2D eigenvalue weighted by molar-refractivity contribution is 0.443. The highest BCUT2D eigenvalue weighted by atomic mass is 32.2. The summed E-state index contributed by atoms with van der Waals surface area (Å²) in [6, 6.07) is 29.1. The van der Waals surface area contributed by atoms with E-state index in [4.69, 9.17) is 4.74 Å². The van der Waals surface area contributed by atoms with Gasteiger partial charge in [0.1, 0.15) is 29.4 Å². The Morgan fingerprint density at radius 3 is 1.94 bits per heavy atom. The monoisotopic (exact) mass is 455 g/mol. The van der Waals surface area contributed by atoms with Crippen molar-refractivity contribution in [1.29, 1.82) is 0 Å². The lowest BCUT2D eigenvalue weighted by atomic mass is 10.1. The predicted molar refractivity (Wildman–Crippen MR) is 130 cm³/mol. The highest BCUT2D eigenvalue weighted by Gasteiger charge is 2.39. The van der Waals surface area contributed by atoms with Crippen LogP contribution in [0.15, 0.2) is 101 Å². The third kappa shape index (κ3) is 2.57. The van der Waals surface area contributed by atoms with Crippen LogP contribution in [0.25, 0.3) is 0 Å². The summed E-state index contributed by atoms with van der Waals surface area (Å²) < 4.78 is 32.8. The number of sulfone groups is 1. The van der Waals surface area contributed by atoms with Crippen LogP contribution in [-0.4, -0.2) is 16.5 Å². The van der Waals surface area contributed by atoms with Crippen molar-refractivity contribution < 1.29 is 13.2 Å². The molecule has 2 aliphatic heterocycles. The molecule has 0 saturated heterocycles. The third-order valence-electron chi connectivity index (χ3n) is 6.47. The van der Waals surface area contributed by atoms with Gasteiger partial charge in [0.05, 0.1) is 0 Å². The molecule has 6 rings (SSSR count). The summed E-state index contributed by atoms with van der Waals surface area (Å²) in [6.45, 7) is 4.73. The number of anilines is 3. The molecule has 6 heteroatoms. The molecule has 4 aromatic rings. The first-order valence-corrected chi connectivity index (χ1v) is 15.0. The quantitative estimate of drug-likeness (QED) is 0.325. The first kappa shape index (κ1) is 19.3. The van der Waals surface area contributed by atoms with Gasteiger partial charge in [-0.15, -0.1) is 0 Å². The molecular weight excluding hydrogens is 434 g/mol. The van der Waals surface area contributed by atoms with Gasteiger partial charge in [-0.3, -0.25) is 0 Å². The Morgan fingerprint density at radius 2 is 1.25 bits per heavy atom. The van der Waals surface area contributed by atoms with E-state index < -0.39 is 17.9 Å². The highest BCUT2D eigenvalue weighted by Crippen LogP contribution is 2.46. The molecule has 4 nitrogen and oxygen atoms in total. The Morgan fingerprint density at radius 1 is 0.688 bits per heavy atom. The molecule has 0 N–H and O–H groups in total. The van der Waals surface area contributed by atoms with Gasteiger partial charge in [-0.1, -0.05) is 61.6 Å². The van der Waals surface area contributed by atoms with Gasteiger partial charge < -0.3 is 9.64 Å². The molecular formula is C26H21NO3SSi. The lowest BCUT2D eigenvalue weighted by Crippen LogP contribution is -2.58. The van der Waals surface area contributed by atoms with Crippen molar-refractivity contribution in [2.45, 2.75) is 22.9 Å². The summed E-state index contributed by atoms with van der Waals surface area (Å²) in [7, 11) is -5.58. The normalized spacial score (nSPS) is 16.8. The second kappa shape index (κ2) is 6.57. The maximum Gasteiger partial charge on any atom is 0.214 e. The predicted octanol–water partition coefficient (Wildman–Crippen LogP) is 5.23. The molecule has 4 aromatic carbocycles. The molecule has 2 aliphatic rings. The second-order valence-corrected chi connectivity index (χ2v) is 14.9. The van der Waals surface area contributed by atoms with E-state index in [1.807, 2.05) is 18.2 Å². The van der Waals surface area contributed by atoms with Crippen LogP contribution in [0.2, 0.25) is 13.1 Å². The van der Waals surface area contributed by atoms with E-state index in [9.17, 15) is 8.42 Å².